The van der Waals surface area contributed by atoms with Crippen LogP contribution in [0.5, 0.6) is 0 Å². The molecule has 1 amide bonds. The molecular formula is C20H28Cl2N4O2. The Hall–Kier alpha value is -1.60. The van der Waals surface area contributed by atoms with Crippen molar-refractivity contribution in [3.05, 3.63) is 46.2 Å². The number of nitrogens with zero attached hydrogens (tertiary/aromatic N) is 2. The van der Waals surface area contributed by atoms with Gasteiger partial charge in [-0.15, -0.1) is 12.4 Å². The van der Waals surface area contributed by atoms with Gasteiger partial charge in [0.25, 0.3) is 5.91 Å². The lowest BCUT2D eigenvalue weighted by Crippen LogP contribution is -2.47. The number of halogens is 2. The van der Waals surface area contributed by atoms with Gasteiger partial charge in [-0.3, -0.25) is 4.79 Å². The van der Waals surface area contributed by atoms with Crippen LogP contribution in [0.25, 0.3) is 5.69 Å². The van der Waals surface area contributed by atoms with Gasteiger partial charge in [0, 0.05) is 24.6 Å². The van der Waals surface area contributed by atoms with Crippen molar-refractivity contribution in [2.24, 2.45) is 5.41 Å². The molecule has 0 unspecified atom stereocenters. The fourth-order valence-electron chi connectivity index (χ4n) is 3.63. The van der Waals surface area contributed by atoms with Gasteiger partial charge in [-0.25, -0.2) is 4.68 Å². The Balaban J connectivity index is 0.00000280. The van der Waals surface area contributed by atoms with Gasteiger partial charge < -0.3 is 15.4 Å². The molecule has 0 spiro atoms. The largest absolute Gasteiger partial charge is 0.384 e. The molecule has 2 N–H and O–H groups in total. The lowest BCUT2D eigenvalue weighted by molar-refractivity contribution is 0.0512. The summed E-state index contributed by atoms with van der Waals surface area (Å²) in [5, 5.41) is 11.6. The number of nitrogens with one attached hydrogen (secondary N) is 2. The van der Waals surface area contributed by atoms with Crippen LogP contribution in [0.4, 0.5) is 0 Å². The van der Waals surface area contributed by atoms with Crippen molar-refractivity contribution in [3.8, 4) is 5.69 Å². The van der Waals surface area contributed by atoms with E-state index in [0.717, 1.165) is 43.0 Å². The highest BCUT2D eigenvalue weighted by atomic mass is 35.5. The fraction of sp³-hybridized carbons (Fsp3) is 0.500. The number of methoxy groups -OCH3 is 1. The van der Waals surface area contributed by atoms with E-state index in [9.17, 15) is 4.79 Å². The highest BCUT2D eigenvalue weighted by molar-refractivity contribution is 6.31. The smallest absolute Gasteiger partial charge is 0.251 e. The molecule has 0 atom stereocenters. The van der Waals surface area contributed by atoms with Gasteiger partial charge in [0.1, 0.15) is 0 Å². The van der Waals surface area contributed by atoms with Crippen molar-refractivity contribution < 1.29 is 9.53 Å². The summed E-state index contributed by atoms with van der Waals surface area (Å²) in [7, 11) is 1.72. The summed E-state index contributed by atoms with van der Waals surface area (Å²) in [6.07, 6.45) is 2.00. The van der Waals surface area contributed by atoms with Crippen LogP contribution in [-0.4, -0.2) is 49.0 Å². The van der Waals surface area contributed by atoms with Crippen molar-refractivity contribution >= 4 is 29.9 Å². The molecule has 1 aliphatic heterocycles. The lowest BCUT2D eigenvalue weighted by atomic mass is 9.79. The molecule has 0 radical (unpaired) electrons. The third-order valence-corrected chi connectivity index (χ3v) is 5.86. The molecule has 1 aliphatic rings. The van der Waals surface area contributed by atoms with E-state index in [2.05, 4.69) is 15.7 Å². The van der Waals surface area contributed by atoms with E-state index in [1.165, 1.54) is 0 Å². The van der Waals surface area contributed by atoms with Crippen LogP contribution < -0.4 is 10.6 Å². The average molecular weight is 427 g/mol. The Labute approximate surface area is 177 Å². The number of benzene rings is 1. The van der Waals surface area contributed by atoms with Gasteiger partial charge in [-0.2, -0.15) is 5.10 Å². The van der Waals surface area contributed by atoms with Crippen LogP contribution in [0.3, 0.4) is 0 Å². The fourth-order valence-corrected chi connectivity index (χ4v) is 3.75. The molecule has 0 bridgehead atoms. The third-order valence-electron chi connectivity index (χ3n) is 5.32. The first kappa shape index (κ1) is 22.7. The number of ether oxygens (including phenoxy) is 1. The molecule has 0 saturated carbocycles. The molecule has 28 heavy (non-hydrogen) atoms. The third kappa shape index (κ3) is 4.87. The summed E-state index contributed by atoms with van der Waals surface area (Å²) in [5.41, 5.74) is 3.21. The second kappa shape index (κ2) is 9.74. The first-order valence-corrected chi connectivity index (χ1v) is 9.64. The Morgan fingerprint density at radius 3 is 2.46 bits per heavy atom. The van der Waals surface area contributed by atoms with Crippen molar-refractivity contribution in [2.75, 3.05) is 33.4 Å². The molecular weight excluding hydrogens is 399 g/mol. The second-order valence-corrected chi connectivity index (χ2v) is 7.69. The summed E-state index contributed by atoms with van der Waals surface area (Å²) >= 11 is 6.22. The van der Waals surface area contributed by atoms with E-state index >= 15 is 0 Å². The maximum absolute atomic E-state index is 12.6. The Morgan fingerprint density at radius 2 is 1.93 bits per heavy atom. The number of carbonyl (C=O) groups is 1. The zero-order valence-electron chi connectivity index (χ0n) is 16.5. The zero-order valence-corrected chi connectivity index (χ0v) is 18.1. The number of rotatable bonds is 6. The minimum atomic E-state index is -0.0676. The molecule has 1 saturated heterocycles. The van der Waals surface area contributed by atoms with Crippen LogP contribution in [0.1, 0.15) is 34.6 Å². The van der Waals surface area contributed by atoms with Gasteiger partial charge in [-0.1, -0.05) is 11.6 Å². The molecule has 1 aromatic carbocycles. The molecule has 3 rings (SSSR count). The number of amides is 1. The number of aryl methyl sites for hydroxylation is 1. The van der Waals surface area contributed by atoms with E-state index in [0.29, 0.717) is 23.7 Å². The highest BCUT2D eigenvalue weighted by Gasteiger charge is 2.32. The van der Waals surface area contributed by atoms with Crippen molar-refractivity contribution in [2.45, 2.75) is 26.7 Å². The molecule has 2 aromatic rings. The van der Waals surface area contributed by atoms with Gasteiger partial charge in [0.2, 0.25) is 0 Å². The minimum Gasteiger partial charge on any atom is -0.384 e. The standard InChI is InChI=1S/C20H27ClN4O2.ClH/c1-14-18(21)15(2)25(24-14)17-6-4-16(5-7-17)19(26)23-12-20(13-27-3)8-10-22-11-9-20;/h4-7,22H,8-13H2,1-3H3,(H,23,26);1H. The van der Waals surface area contributed by atoms with Gasteiger partial charge in [0.05, 0.1) is 28.7 Å². The molecule has 8 heteroatoms. The normalized spacial score (nSPS) is 15.7. The van der Waals surface area contributed by atoms with E-state index in [-0.39, 0.29) is 23.7 Å². The van der Waals surface area contributed by atoms with Gasteiger partial charge in [0.15, 0.2) is 0 Å². The summed E-state index contributed by atoms with van der Waals surface area (Å²) < 4.78 is 7.20. The Bertz CT molecular complexity index is 794. The van der Waals surface area contributed by atoms with Gasteiger partial charge in [-0.05, 0) is 64.0 Å². The quantitative estimate of drug-likeness (QED) is 0.743. The predicted molar refractivity (Wildman–Crippen MR) is 114 cm³/mol. The number of hydrogen-bond donors (Lipinski definition) is 2. The summed E-state index contributed by atoms with van der Waals surface area (Å²) in [6.45, 7) is 7.00. The van der Waals surface area contributed by atoms with Crippen molar-refractivity contribution in [1.29, 1.82) is 0 Å². The molecule has 0 aliphatic carbocycles. The average Bonchev–Trinajstić information content (AvgIpc) is 2.95. The van der Waals surface area contributed by atoms with Crippen molar-refractivity contribution in [1.82, 2.24) is 20.4 Å². The first-order valence-electron chi connectivity index (χ1n) is 9.26. The monoisotopic (exact) mass is 426 g/mol. The van der Waals surface area contributed by atoms with Crippen LogP contribution in [-0.2, 0) is 4.74 Å². The van der Waals surface area contributed by atoms with Crippen molar-refractivity contribution in [3.63, 3.8) is 0 Å². The Kier molecular flexibility index (Phi) is 7.89. The number of piperidine rings is 1. The SMILES string of the molecule is COCC1(CNC(=O)c2ccc(-n3nc(C)c(Cl)c3C)cc2)CCNCC1.Cl. The van der Waals surface area contributed by atoms with Crippen LogP contribution in [0, 0.1) is 19.3 Å². The highest BCUT2D eigenvalue weighted by Crippen LogP contribution is 2.28. The first-order chi connectivity index (χ1) is 13.0. The molecule has 2 heterocycles. The van der Waals surface area contributed by atoms with Gasteiger partial charge >= 0.3 is 0 Å². The summed E-state index contributed by atoms with van der Waals surface area (Å²) in [6, 6.07) is 7.42. The topological polar surface area (TPSA) is 68.2 Å². The molecule has 6 nitrogen and oxygen atoms in total. The zero-order chi connectivity index (χ0) is 19.4. The maximum atomic E-state index is 12.6. The molecule has 1 fully saturated rings. The van der Waals surface area contributed by atoms with Crippen LogP contribution in [0.15, 0.2) is 24.3 Å². The summed E-state index contributed by atoms with van der Waals surface area (Å²) in [4.78, 5) is 12.6. The molecule has 154 valence electrons. The number of carbonyl (C=O) groups excluding carboxylic acids is 1. The summed E-state index contributed by atoms with van der Waals surface area (Å²) in [5.74, 6) is -0.0676. The second-order valence-electron chi connectivity index (χ2n) is 7.31. The Morgan fingerprint density at radius 1 is 1.29 bits per heavy atom. The molecule has 1 aromatic heterocycles. The number of hydrogen-bond acceptors (Lipinski definition) is 4. The predicted octanol–water partition coefficient (Wildman–Crippen LogP) is 3.31. The lowest BCUT2D eigenvalue weighted by Gasteiger charge is -2.37. The number of aromatic nitrogens is 2. The van der Waals surface area contributed by atoms with E-state index in [1.54, 1.807) is 11.8 Å². The van der Waals surface area contributed by atoms with E-state index in [4.69, 9.17) is 16.3 Å². The van der Waals surface area contributed by atoms with Crippen LogP contribution in [0.2, 0.25) is 5.02 Å². The van der Waals surface area contributed by atoms with E-state index < -0.39 is 0 Å². The minimum absolute atomic E-state index is 0. The van der Waals surface area contributed by atoms with Crippen LogP contribution >= 0.6 is 24.0 Å². The maximum Gasteiger partial charge on any atom is 0.251 e. The van der Waals surface area contributed by atoms with E-state index in [1.807, 2.05) is 38.1 Å².